The van der Waals surface area contributed by atoms with Crippen LogP contribution in [-0.2, 0) is 4.79 Å². The van der Waals surface area contributed by atoms with E-state index >= 15 is 0 Å². The summed E-state index contributed by atoms with van der Waals surface area (Å²) in [5, 5.41) is 14.5. The third kappa shape index (κ3) is 8.08. The average molecular weight is 525 g/mol. The number of carbonyl (C=O) groups excluding carboxylic acids is 2. The highest BCUT2D eigenvalue weighted by Crippen LogP contribution is 2.28. The first-order chi connectivity index (χ1) is 17.2. The van der Waals surface area contributed by atoms with Gasteiger partial charge in [-0.2, -0.15) is 0 Å². The van der Waals surface area contributed by atoms with Crippen molar-refractivity contribution in [3.05, 3.63) is 58.6 Å². The maximum absolute atomic E-state index is 12.3. The van der Waals surface area contributed by atoms with Crippen LogP contribution in [-0.4, -0.2) is 55.1 Å². The van der Waals surface area contributed by atoms with Gasteiger partial charge in [0.1, 0.15) is 18.1 Å². The number of ether oxygens (including phenoxy) is 2. The topological polar surface area (TPSA) is 114 Å². The molecule has 194 valence electrons. The molecule has 3 N–H and O–H groups in total. The maximum atomic E-state index is 12.3. The lowest BCUT2D eigenvalue weighted by atomic mass is 9.87. The molecule has 3 rings (SSSR count). The van der Waals surface area contributed by atoms with E-state index in [0.717, 1.165) is 0 Å². The highest BCUT2D eigenvalue weighted by Gasteiger charge is 2.26. The Morgan fingerprint density at radius 2 is 1.53 bits per heavy atom. The van der Waals surface area contributed by atoms with E-state index in [4.69, 9.17) is 26.2 Å². The predicted molar refractivity (Wildman–Crippen MR) is 128 cm³/mol. The zero-order chi connectivity index (χ0) is 26.1. The summed E-state index contributed by atoms with van der Waals surface area (Å²) in [4.78, 5) is 35.6. The maximum Gasteiger partial charge on any atom is 0.306 e. The van der Waals surface area contributed by atoms with E-state index in [1.807, 2.05) is 0 Å². The zero-order valence-corrected chi connectivity index (χ0v) is 20.1. The fourth-order valence-corrected chi connectivity index (χ4v) is 4.01. The van der Waals surface area contributed by atoms with E-state index in [1.165, 1.54) is 18.2 Å². The Hall–Kier alpha value is -3.40. The molecule has 0 bridgehead atoms. The molecule has 2 aromatic rings. The fourth-order valence-electron chi connectivity index (χ4n) is 3.77. The Bertz CT molecular complexity index is 1060. The number of hydrogen-bond acceptors (Lipinski definition) is 5. The predicted octanol–water partition coefficient (Wildman–Crippen LogP) is 4.17. The summed E-state index contributed by atoms with van der Waals surface area (Å²) < 4.78 is 35.3. The summed E-state index contributed by atoms with van der Waals surface area (Å²) in [6, 6.07) is 10.7. The number of carbonyl (C=O) groups is 3. The summed E-state index contributed by atoms with van der Waals surface area (Å²) >= 11 is 5.97. The number of amides is 2. The number of hydrogen-bond donors (Lipinski definition) is 3. The van der Waals surface area contributed by atoms with Crippen molar-refractivity contribution in [2.24, 2.45) is 5.92 Å². The van der Waals surface area contributed by atoms with Gasteiger partial charge >= 0.3 is 5.97 Å². The third-order valence-corrected chi connectivity index (χ3v) is 5.99. The smallest absolute Gasteiger partial charge is 0.306 e. The number of aliphatic carboxylic acids is 1. The molecule has 0 aromatic heterocycles. The van der Waals surface area contributed by atoms with Crippen molar-refractivity contribution in [1.29, 1.82) is 0 Å². The molecule has 8 nitrogen and oxygen atoms in total. The van der Waals surface area contributed by atoms with Crippen molar-refractivity contribution >= 4 is 29.4 Å². The number of benzene rings is 2. The van der Waals surface area contributed by atoms with Gasteiger partial charge in [0.15, 0.2) is 0 Å². The van der Waals surface area contributed by atoms with Crippen LogP contribution in [0.4, 0.5) is 8.78 Å². The van der Waals surface area contributed by atoms with E-state index in [1.54, 1.807) is 24.3 Å². The van der Waals surface area contributed by atoms with Crippen LogP contribution in [0.2, 0.25) is 5.02 Å². The first-order valence-corrected chi connectivity index (χ1v) is 11.9. The molecule has 0 aliphatic heterocycles. The third-order valence-electron chi connectivity index (χ3n) is 5.70. The van der Waals surface area contributed by atoms with Crippen LogP contribution in [0.25, 0.3) is 0 Å². The van der Waals surface area contributed by atoms with Crippen molar-refractivity contribution in [2.45, 2.75) is 38.2 Å². The minimum Gasteiger partial charge on any atom is -0.490 e. The summed E-state index contributed by atoms with van der Waals surface area (Å²) in [6.07, 6.45) is -0.153. The van der Waals surface area contributed by atoms with Crippen molar-refractivity contribution in [3.8, 4) is 11.5 Å². The van der Waals surface area contributed by atoms with Gasteiger partial charge < -0.3 is 25.2 Å². The molecule has 0 saturated heterocycles. The van der Waals surface area contributed by atoms with E-state index < -0.39 is 24.9 Å². The average Bonchev–Trinajstić information content (AvgIpc) is 2.86. The Morgan fingerprint density at radius 3 is 2.08 bits per heavy atom. The second-order valence-electron chi connectivity index (χ2n) is 8.31. The van der Waals surface area contributed by atoms with Crippen LogP contribution in [0.15, 0.2) is 42.5 Å². The number of halogens is 3. The van der Waals surface area contributed by atoms with Gasteiger partial charge in [0, 0.05) is 24.2 Å². The molecule has 2 aromatic carbocycles. The monoisotopic (exact) mass is 524 g/mol. The minimum absolute atomic E-state index is 0.0389. The molecule has 0 radical (unpaired) electrons. The molecule has 0 unspecified atom stereocenters. The quantitative estimate of drug-likeness (QED) is 0.380. The molecule has 1 saturated carbocycles. The van der Waals surface area contributed by atoms with Gasteiger partial charge in [-0.1, -0.05) is 11.6 Å². The van der Waals surface area contributed by atoms with Crippen LogP contribution in [0.5, 0.6) is 11.5 Å². The summed E-state index contributed by atoms with van der Waals surface area (Å²) in [7, 11) is 0. The largest absolute Gasteiger partial charge is 0.490 e. The number of nitrogens with one attached hydrogen (secondary N) is 2. The summed E-state index contributed by atoms with van der Waals surface area (Å²) in [6.45, 7) is -0.457. The van der Waals surface area contributed by atoms with E-state index in [0.29, 0.717) is 37.0 Å². The highest BCUT2D eigenvalue weighted by molar-refractivity contribution is 6.32. The zero-order valence-electron chi connectivity index (χ0n) is 19.3. The number of alkyl halides is 2. The molecule has 1 fully saturated rings. The molecule has 11 heteroatoms. The Morgan fingerprint density at radius 1 is 0.944 bits per heavy atom. The van der Waals surface area contributed by atoms with Crippen molar-refractivity contribution < 1.29 is 37.7 Å². The Balaban J connectivity index is 1.38. The molecule has 1 aliphatic rings. The molecule has 36 heavy (non-hydrogen) atoms. The Labute approximate surface area is 211 Å². The van der Waals surface area contributed by atoms with Crippen molar-refractivity contribution in [2.75, 3.05) is 19.7 Å². The molecule has 0 spiro atoms. The van der Waals surface area contributed by atoms with Gasteiger partial charge in [0.2, 0.25) is 0 Å². The highest BCUT2D eigenvalue weighted by atomic mass is 35.5. The van der Waals surface area contributed by atoms with Gasteiger partial charge in [-0.15, -0.1) is 0 Å². The van der Waals surface area contributed by atoms with Gasteiger partial charge in [-0.3, -0.25) is 14.4 Å². The summed E-state index contributed by atoms with van der Waals surface area (Å²) in [5.41, 5.74) is 0.650. The summed E-state index contributed by atoms with van der Waals surface area (Å²) in [5.74, 6) is -1.16. The van der Waals surface area contributed by atoms with Crippen LogP contribution >= 0.6 is 11.6 Å². The molecule has 0 atom stereocenters. The van der Waals surface area contributed by atoms with Gasteiger partial charge in [-0.25, -0.2) is 8.78 Å². The van der Waals surface area contributed by atoms with Gasteiger partial charge in [-0.05, 0) is 68.1 Å². The van der Waals surface area contributed by atoms with Crippen LogP contribution < -0.4 is 20.1 Å². The lowest BCUT2D eigenvalue weighted by Gasteiger charge is -2.26. The van der Waals surface area contributed by atoms with Crippen LogP contribution in [0.1, 0.15) is 46.4 Å². The van der Waals surface area contributed by atoms with Gasteiger partial charge in [0.05, 0.1) is 17.0 Å². The molecule has 0 heterocycles. The normalized spacial score (nSPS) is 17.3. The number of rotatable bonds is 11. The standard InChI is InChI=1S/C25H27ClF2N2O6/c26-20-13-17(5-10-21(20)35-14-22(27)28)24(32)30-12-11-29-23(31)15-1-6-18(7-2-15)36-19-8-3-16(4-9-19)25(33)34/h1-2,5-7,10,13,16,19,22H,3-4,8-9,11-12,14H2,(H,29,31)(H,30,32)(H,33,34)/t16-,19+. The lowest BCUT2D eigenvalue weighted by molar-refractivity contribution is -0.143. The van der Waals surface area contributed by atoms with Crippen LogP contribution in [0.3, 0.4) is 0 Å². The van der Waals surface area contributed by atoms with E-state index in [2.05, 4.69) is 10.6 Å². The molecule has 2 amide bonds. The number of carboxylic acids is 1. The number of carboxylic acid groups (broad SMARTS) is 1. The SMILES string of the molecule is O=C(NCCNC(=O)c1ccc(OCC(F)F)c(Cl)c1)c1ccc(O[C@H]2CC[C@@H](C(=O)O)CC2)cc1. The van der Waals surface area contributed by atoms with Crippen molar-refractivity contribution in [1.82, 2.24) is 10.6 Å². The molecule has 1 aliphatic carbocycles. The second kappa shape index (κ2) is 13.1. The van der Waals surface area contributed by atoms with Crippen LogP contribution in [0, 0.1) is 5.92 Å². The lowest BCUT2D eigenvalue weighted by Crippen LogP contribution is -2.34. The fraction of sp³-hybridized carbons (Fsp3) is 0.400. The first-order valence-electron chi connectivity index (χ1n) is 11.5. The molecular weight excluding hydrogens is 498 g/mol. The Kier molecular flexibility index (Phi) is 9.86. The van der Waals surface area contributed by atoms with Crippen molar-refractivity contribution in [3.63, 3.8) is 0 Å². The van der Waals surface area contributed by atoms with E-state index in [9.17, 15) is 23.2 Å². The minimum atomic E-state index is -2.64. The molecular formula is C25H27ClF2N2O6. The first kappa shape index (κ1) is 27.2. The second-order valence-corrected chi connectivity index (χ2v) is 8.72. The van der Waals surface area contributed by atoms with Gasteiger partial charge in [0.25, 0.3) is 18.2 Å². The van der Waals surface area contributed by atoms with E-state index in [-0.39, 0.29) is 47.4 Å².